The predicted molar refractivity (Wildman–Crippen MR) is 131 cm³/mol. The molecule has 0 spiro atoms. The van der Waals surface area contributed by atoms with Crippen LogP contribution in [0.3, 0.4) is 0 Å². The van der Waals surface area contributed by atoms with Gasteiger partial charge in [-0.25, -0.2) is 0 Å². The SMILES string of the molecule is COc1ccc(CC(=O)Nc2cccc(NC(=O)c3ccc(C(C)(C)C)cc3)c2)cc1OC. The van der Waals surface area contributed by atoms with Crippen LogP contribution < -0.4 is 20.1 Å². The van der Waals surface area contributed by atoms with Gasteiger partial charge in [-0.1, -0.05) is 45.0 Å². The fourth-order valence-electron chi connectivity index (χ4n) is 3.38. The lowest BCUT2D eigenvalue weighted by Gasteiger charge is -2.19. The molecule has 0 saturated carbocycles. The molecule has 33 heavy (non-hydrogen) atoms. The lowest BCUT2D eigenvalue weighted by atomic mass is 9.87. The molecule has 0 aromatic heterocycles. The molecule has 2 N–H and O–H groups in total. The van der Waals surface area contributed by atoms with E-state index < -0.39 is 0 Å². The minimum absolute atomic E-state index is 0.0263. The third-order valence-electron chi connectivity index (χ3n) is 5.23. The standard InChI is InChI=1S/C27H30N2O4/c1-27(2,3)20-12-10-19(11-13-20)26(31)29-22-8-6-7-21(17-22)28-25(30)16-18-9-14-23(32-4)24(15-18)33-5/h6-15,17H,16H2,1-5H3,(H,28,30)(H,29,31). The summed E-state index contributed by atoms with van der Waals surface area (Å²) in [5.41, 5.74) is 3.76. The van der Waals surface area contributed by atoms with E-state index in [0.29, 0.717) is 28.4 Å². The van der Waals surface area contributed by atoms with Crippen molar-refractivity contribution in [1.29, 1.82) is 0 Å². The van der Waals surface area contributed by atoms with Crippen LogP contribution in [0.1, 0.15) is 42.3 Å². The van der Waals surface area contributed by atoms with Gasteiger partial charge in [0, 0.05) is 16.9 Å². The molecular weight excluding hydrogens is 416 g/mol. The van der Waals surface area contributed by atoms with Crippen molar-refractivity contribution in [1.82, 2.24) is 0 Å². The Morgan fingerprint density at radius 2 is 1.42 bits per heavy atom. The Labute approximate surface area is 194 Å². The molecule has 0 radical (unpaired) electrons. The first-order valence-electron chi connectivity index (χ1n) is 10.7. The molecule has 2 amide bonds. The molecule has 0 bridgehead atoms. The molecule has 0 heterocycles. The van der Waals surface area contributed by atoms with E-state index in [9.17, 15) is 9.59 Å². The van der Waals surface area contributed by atoms with E-state index in [4.69, 9.17) is 9.47 Å². The molecule has 172 valence electrons. The van der Waals surface area contributed by atoms with E-state index in [1.807, 2.05) is 30.3 Å². The minimum atomic E-state index is -0.204. The number of hydrogen-bond acceptors (Lipinski definition) is 4. The van der Waals surface area contributed by atoms with E-state index in [0.717, 1.165) is 5.56 Å². The smallest absolute Gasteiger partial charge is 0.255 e. The van der Waals surface area contributed by atoms with Crippen LogP contribution >= 0.6 is 0 Å². The normalized spacial score (nSPS) is 10.9. The van der Waals surface area contributed by atoms with Gasteiger partial charge in [0.1, 0.15) is 0 Å². The summed E-state index contributed by atoms with van der Waals surface area (Å²) in [7, 11) is 3.12. The first kappa shape index (κ1) is 23.9. The van der Waals surface area contributed by atoms with E-state index in [2.05, 4.69) is 31.4 Å². The van der Waals surface area contributed by atoms with Crippen LogP contribution in [0.5, 0.6) is 11.5 Å². The second kappa shape index (κ2) is 10.2. The van der Waals surface area contributed by atoms with Gasteiger partial charge in [-0.15, -0.1) is 0 Å². The van der Waals surface area contributed by atoms with Crippen molar-refractivity contribution in [3.8, 4) is 11.5 Å². The van der Waals surface area contributed by atoms with Crippen molar-refractivity contribution >= 4 is 23.2 Å². The fraction of sp³-hybridized carbons (Fsp3) is 0.259. The summed E-state index contributed by atoms with van der Waals surface area (Å²) in [5.74, 6) is 0.800. The summed E-state index contributed by atoms with van der Waals surface area (Å²) in [6.45, 7) is 6.40. The average Bonchev–Trinajstić information content (AvgIpc) is 2.78. The number of hydrogen-bond donors (Lipinski definition) is 2. The molecule has 6 heteroatoms. The number of amides is 2. The molecule has 0 fully saturated rings. The first-order valence-corrected chi connectivity index (χ1v) is 10.7. The highest BCUT2D eigenvalue weighted by atomic mass is 16.5. The summed E-state index contributed by atoms with van der Waals surface area (Å²) in [5, 5.41) is 5.76. The topological polar surface area (TPSA) is 76.7 Å². The molecule has 3 aromatic rings. The zero-order chi connectivity index (χ0) is 24.0. The Morgan fingerprint density at radius 1 is 0.788 bits per heavy atom. The quantitative estimate of drug-likeness (QED) is 0.507. The Balaban J connectivity index is 1.63. The van der Waals surface area contributed by atoms with Gasteiger partial charge in [-0.3, -0.25) is 9.59 Å². The highest BCUT2D eigenvalue weighted by molar-refractivity contribution is 6.04. The molecular formula is C27H30N2O4. The van der Waals surface area contributed by atoms with E-state index in [1.165, 1.54) is 5.56 Å². The Bertz CT molecular complexity index is 1130. The molecule has 0 atom stereocenters. The van der Waals surface area contributed by atoms with E-state index >= 15 is 0 Å². The number of carbonyl (C=O) groups excluding carboxylic acids is 2. The first-order chi connectivity index (χ1) is 15.7. The van der Waals surface area contributed by atoms with Crippen LogP contribution in [-0.2, 0) is 16.6 Å². The maximum absolute atomic E-state index is 12.6. The minimum Gasteiger partial charge on any atom is -0.493 e. The number of benzene rings is 3. The molecule has 0 aliphatic rings. The molecule has 3 aromatic carbocycles. The zero-order valence-corrected chi connectivity index (χ0v) is 19.7. The molecule has 0 aliphatic carbocycles. The predicted octanol–water partition coefficient (Wildman–Crippen LogP) is 5.43. The second-order valence-electron chi connectivity index (χ2n) is 8.78. The summed E-state index contributed by atoms with van der Waals surface area (Å²) in [6, 6.07) is 20.0. The number of nitrogens with one attached hydrogen (secondary N) is 2. The summed E-state index contributed by atoms with van der Waals surface area (Å²) >= 11 is 0. The van der Waals surface area contributed by atoms with Gasteiger partial charge in [-0.05, 0) is 59.0 Å². The highest BCUT2D eigenvalue weighted by Crippen LogP contribution is 2.28. The third-order valence-corrected chi connectivity index (χ3v) is 5.23. The lowest BCUT2D eigenvalue weighted by Crippen LogP contribution is -2.16. The Hall–Kier alpha value is -3.80. The maximum Gasteiger partial charge on any atom is 0.255 e. The van der Waals surface area contributed by atoms with Crippen molar-refractivity contribution in [2.75, 3.05) is 24.9 Å². The lowest BCUT2D eigenvalue weighted by molar-refractivity contribution is -0.115. The van der Waals surface area contributed by atoms with Gasteiger partial charge in [0.05, 0.1) is 20.6 Å². The van der Waals surface area contributed by atoms with E-state index in [-0.39, 0.29) is 23.7 Å². The average molecular weight is 447 g/mol. The van der Waals surface area contributed by atoms with Crippen molar-refractivity contribution in [2.24, 2.45) is 0 Å². The molecule has 6 nitrogen and oxygen atoms in total. The zero-order valence-electron chi connectivity index (χ0n) is 19.7. The summed E-state index contributed by atoms with van der Waals surface area (Å²) < 4.78 is 10.5. The largest absolute Gasteiger partial charge is 0.493 e. The van der Waals surface area contributed by atoms with Crippen LogP contribution in [0, 0.1) is 0 Å². The van der Waals surface area contributed by atoms with E-state index in [1.54, 1.807) is 50.6 Å². The van der Waals surface area contributed by atoms with Crippen LogP contribution in [0.4, 0.5) is 11.4 Å². The molecule has 3 rings (SSSR count). The van der Waals surface area contributed by atoms with Crippen LogP contribution in [0.15, 0.2) is 66.7 Å². The maximum atomic E-state index is 12.6. The number of carbonyl (C=O) groups is 2. The van der Waals surface area contributed by atoms with Gasteiger partial charge in [0.25, 0.3) is 5.91 Å². The van der Waals surface area contributed by atoms with Gasteiger partial charge in [0.15, 0.2) is 11.5 Å². The van der Waals surface area contributed by atoms with Gasteiger partial charge in [0.2, 0.25) is 5.91 Å². The third kappa shape index (κ3) is 6.35. The number of methoxy groups -OCH3 is 2. The number of rotatable bonds is 7. The highest BCUT2D eigenvalue weighted by Gasteiger charge is 2.15. The van der Waals surface area contributed by atoms with Crippen molar-refractivity contribution in [3.63, 3.8) is 0 Å². The monoisotopic (exact) mass is 446 g/mol. The molecule has 0 unspecified atom stereocenters. The van der Waals surface area contributed by atoms with Crippen LogP contribution in [0.2, 0.25) is 0 Å². The summed E-state index contributed by atoms with van der Waals surface area (Å²) in [6.07, 6.45) is 0.178. The summed E-state index contributed by atoms with van der Waals surface area (Å²) in [4.78, 5) is 25.2. The van der Waals surface area contributed by atoms with Crippen LogP contribution in [-0.4, -0.2) is 26.0 Å². The van der Waals surface area contributed by atoms with Gasteiger partial charge in [-0.2, -0.15) is 0 Å². The second-order valence-corrected chi connectivity index (χ2v) is 8.78. The number of ether oxygens (including phenoxy) is 2. The van der Waals surface area contributed by atoms with Gasteiger partial charge < -0.3 is 20.1 Å². The van der Waals surface area contributed by atoms with Gasteiger partial charge >= 0.3 is 0 Å². The Morgan fingerprint density at radius 3 is 2.03 bits per heavy atom. The molecule has 0 aliphatic heterocycles. The Kier molecular flexibility index (Phi) is 7.38. The van der Waals surface area contributed by atoms with Crippen molar-refractivity contribution in [3.05, 3.63) is 83.4 Å². The fourth-order valence-corrected chi connectivity index (χ4v) is 3.38. The van der Waals surface area contributed by atoms with Crippen molar-refractivity contribution in [2.45, 2.75) is 32.6 Å². The van der Waals surface area contributed by atoms with Crippen molar-refractivity contribution < 1.29 is 19.1 Å². The number of anilines is 2. The van der Waals surface area contributed by atoms with Crippen LogP contribution in [0.25, 0.3) is 0 Å². The molecule has 0 saturated heterocycles.